The van der Waals surface area contributed by atoms with Crippen molar-refractivity contribution in [2.45, 2.75) is 89.6 Å². The summed E-state index contributed by atoms with van der Waals surface area (Å²) in [5, 5.41) is 8.85. The lowest BCUT2D eigenvalue weighted by molar-refractivity contribution is -0.112. The molecule has 0 spiro atoms. The summed E-state index contributed by atoms with van der Waals surface area (Å²) in [5.41, 5.74) is 0.200. The minimum atomic E-state index is -1.09. The monoisotopic (exact) mass is 268 g/mol. The third kappa shape index (κ3) is 3.64. The molecule has 3 aliphatic rings. The number of unbranched alkanes of at least 4 members (excludes halogenated alkanes) is 4. The Bertz CT molecular complexity index is 287. The Kier molecular flexibility index (Phi) is 4.75. The number of carboxylic acid groups (broad SMARTS) is 1. The van der Waals surface area contributed by atoms with E-state index in [-0.39, 0.29) is 5.60 Å². The van der Waals surface area contributed by atoms with Gasteiger partial charge in [0.05, 0.1) is 0 Å². The van der Waals surface area contributed by atoms with Crippen LogP contribution in [0, 0.1) is 5.41 Å². The van der Waals surface area contributed by atoms with Crippen LogP contribution in [0.15, 0.2) is 0 Å². The predicted octanol–water partition coefficient (Wildman–Crippen LogP) is 5.13. The van der Waals surface area contributed by atoms with Crippen LogP contribution in [0.2, 0.25) is 0 Å². The maximum absolute atomic E-state index is 10.8. The van der Waals surface area contributed by atoms with Crippen LogP contribution in [0.4, 0.5) is 4.79 Å². The molecule has 1 N–H and O–H groups in total. The zero-order valence-corrected chi connectivity index (χ0v) is 12.2. The number of ether oxygens (including phenoxy) is 1. The van der Waals surface area contributed by atoms with Crippen molar-refractivity contribution in [3.63, 3.8) is 0 Å². The summed E-state index contributed by atoms with van der Waals surface area (Å²) in [7, 11) is 0. The van der Waals surface area contributed by atoms with Gasteiger partial charge in [0, 0.05) is 0 Å². The van der Waals surface area contributed by atoms with Gasteiger partial charge < -0.3 is 9.84 Å². The molecule has 110 valence electrons. The highest BCUT2D eigenvalue weighted by Crippen LogP contribution is 2.56. The van der Waals surface area contributed by atoms with E-state index in [1.54, 1.807) is 0 Å². The molecule has 3 nitrogen and oxygen atoms in total. The molecule has 0 saturated heterocycles. The van der Waals surface area contributed by atoms with E-state index in [1.165, 1.54) is 57.8 Å². The van der Waals surface area contributed by atoms with E-state index in [4.69, 9.17) is 9.84 Å². The van der Waals surface area contributed by atoms with Gasteiger partial charge in [0.1, 0.15) is 5.60 Å². The lowest BCUT2D eigenvalue weighted by Crippen LogP contribution is -2.48. The van der Waals surface area contributed by atoms with E-state index < -0.39 is 6.16 Å². The lowest BCUT2D eigenvalue weighted by atomic mass is 9.57. The molecule has 0 aliphatic heterocycles. The molecule has 0 aromatic carbocycles. The van der Waals surface area contributed by atoms with Gasteiger partial charge in [-0.25, -0.2) is 4.79 Å². The Labute approximate surface area is 116 Å². The van der Waals surface area contributed by atoms with E-state index in [0.29, 0.717) is 5.41 Å². The van der Waals surface area contributed by atoms with E-state index in [1.807, 2.05) is 0 Å². The first-order valence-corrected chi connectivity index (χ1v) is 8.02. The normalized spacial score (nSPS) is 33.3. The molecule has 3 rings (SSSR count). The van der Waals surface area contributed by atoms with Gasteiger partial charge in [0.15, 0.2) is 0 Å². The second-order valence-electron chi connectivity index (χ2n) is 6.72. The van der Waals surface area contributed by atoms with Gasteiger partial charge in [-0.15, -0.1) is 0 Å². The van der Waals surface area contributed by atoms with E-state index in [9.17, 15) is 4.79 Å². The highest BCUT2D eigenvalue weighted by atomic mass is 16.7. The van der Waals surface area contributed by atoms with Crippen LogP contribution in [0.1, 0.15) is 84.0 Å². The number of fused-ring (bicyclic) bond motifs is 3. The minimum absolute atomic E-state index is 0.324. The second-order valence-corrected chi connectivity index (χ2v) is 6.72. The van der Waals surface area contributed by atoms with Crippen LogP contribution < -0.4 is 0 Å². The summed E-state index contributed by atoms with van der Waals surface area (Å²) in [6.45, 7) is 2.25. The average molecular weight is 268 g/mol. The molecule has 3 fully saturated rings. The van der Waals surface area contributed by atoms with Gasteiger partial charge in [-0.1, -0.05) is 39.0 Å². The number of hydrogen-bond acceptors (Lipinski definition) is 2. The van der Waals surface area contributed by atoms with Crippen molar-refractivity contribution in [2.75, 3.05) is 0 Å². The quantitative estimate of drug-likeness (QED) is 0.514. The van der Waals surface area contributed by atoms with Gasteiger partial charge in [0.2, 0.25) is 0 Å². The Morgan fingerprint density at radius 3 is 2.11 bits per heavy atom. The Morgan fingerprint density at radius 2 is 1.58 bits per heavy atom. The molecule has 3 heteroatoms. The van der Waals surface area contributed by atoms with Crippen LogP contribution >= 0.6 is 0 Å². The Balaban J connectivity index is 1.75. The smallest absolute Gasteiger partial charge is 0.450 e. The highest BCUT2D eigenvalue weighted by molar-refractivity contribution is 5.57. The summed E-state index contributed by atoms with van der Waals surface area (Å²) in [4.78, 5) is 10.8. The molecule has 0 aromatic rings. The molecular formula is C16H28O3. The summed E-state index contributed by atoms with van der Waals surface area (Å²) >= 11 is 0. The van der Waals surface area contributed by atoms with Crippen molar-refractivity contribution in [3.8, 4) is 0 Å². The van der Waals surface area contributed by atoms with Crippen LogP contribution in [0.3, 0.4) is 0 Å². The van der Waals surface area contributed by atoms with Crippen molar-refractivity contribution in [1.29, 1.82) is 0 Å². The molecule has 0 amide bonds. The zero-order chi connectivity index (χ0) is 13.8. The van der Waals surface area contributed by atoms with Crippen molar-refractivity contribution in [3.05, 3.63) is 0 Å². The molecule has 3 saturated carbocycles. The van der Waals surface area contributed by atoms with Gasteiger partial charge in [-0.2, -0.15) is 0 Å². The molecule has 19 heavy (non-hydrogen) atoms. The van der Waals surface area contributed by atoms with Crippen molar-refractivity contribution < 1.29 is 14.6 Å². The maximum atomic E-state index is 10.8. The average Bonchev–Trinajstić information content (AvgIpc) is 2.40. The van der Waals surface area contributed by atoms with Gasteiger partial charge >= 0.3 is 6.16 Å². The van der Waals surface area contributed by atoms with E-state index in [0.717, 1.165) is 19.3 Å². The fourth-order valence-electron chi connectivity index (χ4n) is 4.05. The molecule has 0 atom stereocenters. The maximum Gasteiger partial charge on any atom is 0.506 e. The minimum Gasteiger partial charge on any atom is -0.450 e. The SMILES string of the molecule is CCCCCCCC12CCC(OC(=O)O)(CC1)CC2. The molecule has 2 bridgehead atoms. The standard InChI is InChI=1S/C16H28O3/c1-2-3-4-5-6-7-15-8-11-16(12-9-15,13-10-15)19-14(17)18/h2-13H2,1H3,(H,17,18). The fraction of sp³-hybridized carbons (Fsp3) is 0.938. The van der Waals surface area contributed by atoms with Crippen LogP contribution in [-0.2, 0) is 4.74 Å². The molecule has 0 radical (unpaired) electrons. The molecule has 0 heterocycles. The van der Waals surface area contributed by atoms with E-state index in [2.05, 4.69) is 6.92 Å². The van der Waals surface area contributed by atoms with Crippen LogP contribution in [-0.4, -0.2) is 16.9 Å². The third-order valence-electron chi connectivity index (χ3n) is 5.45. The largest absolute Gasteiger partial charge is 0.506 e. The Morgan fingerprint density at radius 1 is 1.00 bits per heavy atom. The predicted molar refractivity (Wildman–Crippen MR) is 75.4 cm³/mol. The third-order valence-corrected chi connectivity index (χ3v) is 5.45. The highest BCUT2D eigenvalue weighted by Gasteiger charge is 2.50. The van der Waals surface area contributed by atoms with Crippen molar-refractivity contribution in [1.82, 2.24) is 0 Å². The van der Waals surface area contributed by atoms with E-state index >= 15 is 0 Å². The second kappa shape index (κ2) is 6.15. The zero-order valence-electron chi connectivity index (χ0n) is 12.2. The fourth-order valence-corrected chi connectivity index (χ4v) is 4.05. The first-order valence-electron chi connectivity index (χ1n) is 8.02. The van der Waals surface area contributed by atoms with Gasteiger partial charge in [-0.3, -0.25) is 0 Å². The van der Waals surface area contributed by atoms with Gasteiger partial charge in [0.25, 0.3) is 0 Å². The molecule has 0 unspecified atom stereocenters. The summed E-state index contributed by atoms with van der Waals surface area (Å²) in [6, 6.07) is 0. The van der Waals surface area contributed by atoms with Crippen molar-refractivity contribution in [2.24, 2.45) is 5.41 Å². The van der Waals surface area contributed by atoms with Crippen LogP contribution in [0.5, 0.6) is 0 Å². The molecule has 0 aromatic heterocycles. The number of carbonyl (C=O) groups is 1. The first-order chi connectivity index (χ1) is 9.10. The summed E-state index contributed by atoms with van der Waals surface area (Å²) in [5.74, 6) is 0. The topological polar surface area (TPSA) is 46.5 Å². The lowest BCUT2D eigenvalue weighted by Gasteiger charge is -2.52. The number of rotatable bonds is 7. The van der Waals surface area contributed by atoms with Crippen molar-refractivity contribution >= 4 is 6.16 Å². The summed E-state index contributed by atoms with van der Waals surface area (Å²) < 4.78 is 5.19. The Hall–Kier alpha value is -0.730. The van der Waals surface area contributed by atoms with Gasteiger partial charge in [-0.05, 0) is 50.4 Å². The molecule has 3 aliphatic carbocycles. The summed E-state index contributed by atoms with van der Waals surface area (Å²) in [6.07, 6.45) is 13.4. The first kappa shape index (κ1) is 14.7. The number of hydrogen-bond donors (Lipinski definition) is 1. The molecular weight excluding hydrogens is 240 g/mol. The van der Waals surface area contributed by atoms with Crippen LogP contribution in [0.25, 0.3) is 0 Å².